The van der Waals surface area contributed by atoms with Gasteiger partial charge in [0.2, 0.25) is 15.9 Å². The maximum absolute atomic E-state index is 12.9. The smallest absolute Gasteiger partial charge is 0.253 e. The van der Waals surface area contributed by atoms with Gasteiger partial charge in [-0.3, -0.25) is 13.9 Å². The number of sulfonamides is 1. The predicted octanol–water partition coefficient (Wildman–Crippen LogP) is 5.67. The van der Waals surface area contributed by atoms with Crippen molar-refractivity contribution in [2.75, 3.05) is 22.4 Å². The first-order chi connectivity index (χ1) is 17.1. The van der Waals surface area contributed by atoms with E-state index in [1.54, 1.807) is 30.3 Å². The molecule has 3 rings (SSSR count). The molecule has 2 N–H and O–H groups in total. The van der Waals surface area contributed by atoms with Crippen molar-refractivity contribution >= 4 is 56.4 Å². The van der Waals surface area contributed by atoms with Crippen LogP contribution in [-0.2, 0) is 14.8 Å². The van der Waals surface area contributed by atoms with Gasteiger partial charge in [0.15, 0.2) is 0 Å². The Balaban J connectivity index is 1.64. The Morgan fingerprint density at radius 3 is 2.33 bits per heavy atom. The van der Waals surface area contributed by atoms with Gasteiger partial charge in [-0.25, -0.2) is 8.42 Å². The molecule has 2 amide bonds. The summed E-state index contributed by atoms with van der Waals surface area (Å²) in [5, 5.41) is 6.28. The topological polar surface area (TPSA) is 95.6 Å². The summed E-state index contributed by atoms with van der Waals surface area (Å²) < 4.78 is 25.8. The van der Waals surface area contributed by atoms with E-state index in [0.29, 0.717) is 16.3 Å². The number of nitrogens with one attached hydrogen (secondary N) is 2. The zero-order chi connectivity index (χ0) is 26.3. The van der Waals surface area contributed by atoms with Crippen LogP contribution in [0.5, 0.6) is 0 Å². The van der Waals surface area contributed by atoms with E-state index in [-0.39, 0.29) is 48.0 Å². The Kier molecular flexibility index (Phi) is 9.37. The lowest BCUT2D eigenvalue weighted by Crippen LogP contribution is -2.32. The van der Waals surface area contributed by atoms with E-state index < -0.39 is 10.0 Å². The standard InChI is InChI=1S/C26H27Cl2N3O4S/c1-18(19-9-4-3-5-10-19)29-26(33)21-11-6-7-12-23(21)30-25(32)13-8-16-31(36(2,34)35)24-17-20(27)14-15-22(24)28/h3-7,9-12,14-15,17-18H,8,13,16H2,1-2H3,(H,29,33)(H,30,32)/t18-/m1/s1. The molecule has 190 valence electrons. The highest BCUT2D eigenvalue weighted by Gasteiger charge is 2.21. The molecule has 1 atom stereocenters. The van der Waals surface area contributed by atoms with Crippen molar-refractivity contribution in [3.63, 3.8) is 0 Å². The highest BCUT2D eigenvalue weighted by Crippen LogP contribution is 2.31. The predicted molar refractivity (Wildman–Crippen MR) is 145 cm³/mol. The molecular formula is C26H27Cl2N3O4S. The van der Waals surface area contributed by atoms with E-state index in [1.165, 1.54) is 12.1 Å². The molecule has 0 aliphatic heterocycles. The molecule has 36 heavy (non-hydrogen) atoms. The summed E-state index contributed by atoms with van der Waals surface area (Å²) in [4.78, 5) is 25.6. The van der Waals surface area contributed by atoms with Gasteiger partial charge in [-0.2, -0.15) is 0 Å². The van der Waals surface area contributed by atoms with Crippen LogP contribution in [0, 0.1) is 0 Å². The molecule has 0 aromatic heterocycles. The molecule has 0 heterocycles. The molecule has 0 aliphatic rings. The SMILES string of the molecule is C[C@@H](NC(=O)c1ccccc1NC(=O)CCCN(c1cc(Cl)ccc1Cl)S(C)(=O)=O)c1ccccc1. The summed E-state index contributed by atoms with van der Waals surface area (Å²) in [5.41, 5.74) is 1.92. The summed E-state index contributed by atoms with van der Waals surface area (Å²) >= 11 is 12.2. The first kappa shape index (κ1) is 27.5. The van der Waals surface area contributed by atoms with Gasteiger partial charge >= 0.3 is 0 Å². The average Bonchev–Trinajstić information content (AvgIpc) is 2.83. The van der Waals surface area contributed by atoms with Crippen LogP contribution in [0.1, 0.15) is 41.7 Å². The second kappa shape index (κ2) is 12.3. The Morgan fingerprint density at radius 1 is 0.972 bits per heavy atom. The number of carbonyl (C=O) groups excluding carboxylic acids is 2. The summed E-state index contributed by atoms with van der Waals surface area (Å²) in [5.74, 6) is -0.668. The van der Waals surface area contributed by atoms with Crippen LogP contribution in [0.3, 0.4) is 0 Å². The third kappa shape index (κ3) is 7.46. The number of nitrogens with zero attached hydrogens (tertiary/aromatic N) is 1. The van der Waals surface area contributed by atoms with Gasteiger partial charge in [-0.1, -0.05) is 65.7 Å². The molecule has 3 aromatic rings. The molecule has 0 saturated heterocycles. The molecule has 0 bridgehead atoms. The Labute approximate surface area is 221 Å². The van der Waals surface area contributed by atoms with Crippen molar-refractivity contribution < 1.29 is 18.0 Å². The van der Waals surface area contributed by atoms with E-state index in [9.17, 15) is 18.0 Å². The average molecular weight is 548 g/mol. The van der Waals surface area contributed by atoms with Gasteiger partial charge in [0.1, 0.15) is 0 Å². The van der Waals surface area contributed by atoms with Crippen molar-refractivity contribution in [3.05, 3.63) is 94.0 Å². The molecule has 0 spiro atoms. The van der Waals surface area contributed by atoms with E-state index in [4.69, 9.17) is 23.2 Å². The molecule has 7 nitrogen and oxygen atoms in total. The van der Waals surface area contributed by atoms with Crippen LogP contribution in [0.25, 0.3) is 0 Å². The molecular weight excluding hydrogens is 521 g/mol. The Hall–Kier alpha value is -3.07. The maximum Gasteiger partial charge on any atom is 0.253 e. The van der Waals surface area contributed by atoms with Gasteiger partial charge in [0.25, 0.3) is 5.91 Å². The summed E-state index contributed by atoms with van der Waals surface area (Å²) in [7, 11) is -3.66. The van der Waals surface area contributed by atoms with Gasteiger partial charge < -0.3 is 10.6 Å². The monoisotopic (exact) mass is 547 g/mol. The maximum atomic E-state index is 12.9. The largest absolute Gasteiger partial charge is 0.345 e. The number of amides is 2. The van der Waals surface area contributed by atoms with Crippen LogP contribution < -0.4 is 14.9 Å². The minimum absolute atomic E-state index is 0.0283. The zero-order valence-electron chi connectivity index (χ0n) is 19.9. The van der Waals surface area contributed by atoms with Crippen molar-refractivity contribution in [3.8, 4) is 0 Å². The molecule has 0 fully saturated rings. The lowest BCUT2D eigenvalue weighted by atomic mass is 10.1. The number of anilines is 2. The quantitative estimate of drug-likeness (QED) is 0.341. The molecule has 0 radical (unpaired) electrons. The molecule has 0 saturated carbocycles. The van der Waals surface area contributed by atoms with Crippen LogP contribution >= 0.6 is 23.2 Å². The minimum atomic E-state index is -3.66. The highest BCUT2D eigenvalue weighted by molar-refractivity contribution is 7.92. The van der Waals surface area contributed by atoms with Gasteiger partial charge in [-0.15, -0.1) is 0 Å². The highest BCUT2D eigenvalue weighted by atomic mass is 35.5. The second-order valence-electron chi connectivity index (χ2n) is 8.23. The van der Waals surface area contributed by atoms with Crippen molar-refractivity contribution in [2.45, 2.75) is 25.8 Å². The third-order valence-electron chi connectivity index (χ3n) is 5.44. The lowest BCUT2D eigenvalue weighted by molar-refractivity contribution is -0.116. The van der Waals surface area contributed by atoms with E-state index in [2.05, 4.69) is 10.6 Å². The fraction of sp³-hybridized carbons (Fsp3) is 0.231. The number of hydrogen-bond donors (Lipinski definition) is 2. The number of halogens is 2. The fourth-order valence-corrected chi connectivity index (χ4v) is 5.03. The molecule has 0 aliphatic carbocycles. The first-order valence-electron chi connectivity index (χ1n) is 11.2. The first-order valence-corrected chi connectivity index (χ1v) is 13.8. The number of benzene rings is 3. The normalized spacial score (nSPS) is 12.0. The minimum Gasteiger partial charge on any atom is -0.345 e. The van der Waals surface area contributed by atoms with Crippen molar-refractivity contribution in [2.24, 2.45) is 0 Å². The lowest BCUT2D eigenvalue weighted by Gasteiger charge is -2.23. The van der Waals surface area contributed by atoms with Crippen LogP contribution in [0.2, 0.25) is 10.0 Å². The number of rotatable bonds is 10. The Bertz CT molecular complexity index is 1330. The molecule has 0 unspecified atom stereocenters. The van der Waals surface area contributed by atoms with E-state index in [1.807, 2.05) is 37.3 Å². The van der Waals surface area contributed by atoms with E-state index >= 15 is 0 Å². The van der Waals surface area contributed by atoms with E-state index in [0.717, 1.165) is 16.1 Å². The van der Waals surface area contributed by atoms with Gasteiger partial charge in [-0.05, 0) is 49.2 Å². The van der Waals surface area contributed by atoms with Crippen LogP contribution in [-0.4, -0.2) is 33.0 Å². The summed E-state index contributed by atoms with van der Waals surface area (Å²) in [6.45, 7) is 1.91. The number of hydrogen-bond acceptors (Lipinski definition) is 4. The third-order valence-corrected chi connectivity index (χ3v) is 7.17. The van der Waals surface area contributed by atoms with Gasteiger partial charge in [0, 0.05) is 18.0 Å². The summed E-state index contributed by atoms with van der Waals surface area (Å²) in [6.07, 6.45) is 1.32. The zero-order valence-corrected chi connectivity index (χ0v) is 22.2. The van der Waals surface area contributed by atoms with Crippen LogP contribution in [0.4, 0.5) is 11.4 Å². The summed E-state index contributed by atoms with van der Waals surface area (Å²) in [6, 6.07) is 20.6. The van der Waals surface area contributed by atoms with Gasteiger partial charge in [0.05, 0.1) is 34.3 Å². The number of carbonyl (C=O) groups is 2. The molecule has 3 aromatic carbocycles. The second-order valence-corrected chi connectivity index (χ2v) is 11.0. The molecule has 10 heteroatoms. The fourth-order valence-electron chi connectivity index (χ4n) is 3.63. The van der Waals surface area contributed by atoms with Crippen molar-refractivity contribution in [1.29, 1.82) is 0 Å². The van der Waals surface area contributed by atoms with Crippen LogP contribution in [0.15, 0.2) is 72.8 Å². The van der Waals surface area contributed by atoms with Crippen molar-refractivity contribution in [1.82, 2.24) is 5.32 Å². The Morgan fingerprint density at radius 2 is 1.64 bits per heavy atom. The number of para-hydroxylation sites is 1.